The fourth-order valence-corrected chi connectivity index (χ4v) is 1.74. The maximum Gasteiger partial charge on any atom is 0.277 e. The summed E-state index contributed by atoms with van der Waals surface area (Å²) in [6.45, 7) is 0. The molecule has 9 heteroatoms. The first-order valence-corrected chi connectivity index (χ1v) is 6.69. The molecule has 0 aromatic carbocycles. The van der Waals surface area contributed by atoms with Crippen LogP contribution in [0.1, 0.15) is 10.5 Å². The molecule has 18 heavy (non-hydrogen) atoms. The van der Waals surface area contributed by atoms with Crippen LogP contribution < -0.4 is 5.32 Å². The molecule has 0 radical (unpaired) electrons. The minimum Gasteiger partial charge on any atom is -0.319 e. The molecule has 0 unspecified atom stereocenters. The van der Waals surface area contributed by atoms with Gasteiger partial charge in [-0.2, -0.15) is 15.4 Å². The van der Waals surface area contributed by atoms with Gasteiger partial charge in [-0.15, -0.1) is 0 Å². The van der Waals surface area contributed by atoms with E-state index in [1.165, 1.54) is 24.5 Å². The summed E-state index contributed by atoms with van der Waals surface area (Å²) in [5, 5.41) is 11.9. The predicted octanol–water partition coefficient (Wildman–Crippen LogP) is -0.145. The third kappa shape index (κ3) is 2.69. The smallest absolute Gasteiger partial charge is 0.277 e. The zero-order chi connectivity index (χ0) is 13.2. The second kappa shape index (κ2) is 4.53. The molecule has 1 amide bonds. The number of anilines is 1. The Hall–Kier alpha value is -2.29. The molecule has 2 aromatic heterocycles. The van der Waals surface area contributed by atoms with Crippen molar-refractivity contribution in [3.05, 3.63) is 30.2 Å². The monoisotopic (exact) mass is 267 g/mol. The fourth-order valence-electron chi connectivity index (χ4n) is 1.18. The van der Waals surface area contributed by atoms with Gasteiger partial charge in [0.2, 0.25) is 0 Å². The highest BCUT2D eigenvalue weighted by Gasteiger charge is 2.11. The number of nitrogens with one attached hydrogen (secondary N) is 2. The van der Waals surface area contributed by atoms with E-state index in [4.69, 9.17) is 0 Å². The number of hydrogen-bond acceptors (Lipinski definition) is 6. The number of nitrogens with zero attached hydrogens (tertiary/aromatic N) is 3. The minimum atomic E-state index is -3.34. The number of rotatable bonds is 3. The number of sulfone groups is 1. The van der Waals surface area contributed by atoms with Crippen LogP contribution in [-0.4, -0.2) is 41.0 Å². The molecule has 0 saturated carbocycles. The van der Waals surface area contributed by atoms with E-state index in [-0.39, 0.29) is 10.7 Å². The molecular formula is C9H9N5O3S. The average molecular weight is 267 g/mol. The largest absolute Gasteiger partial charge is 0.319 e. The van der Waals surface area contributed by atoms with Crippen molar-refractivity contribution < 1.29 is 13.2 Å². The van der Waals surface area contributed by atoms with Crippen LogP contribution in [0.2, 0.25) is 0 Å². The Bertz CT molecular complexity index is 648. The number of carbonyl (C=O) groups is 1. The van der Waals surface area contributed by atoms with Gasteiger partial charge in [0.15, 0.2) is 20.6 Å². The quantitative estimate of drug-likeness (QED) is 0.798. The summed E-state index contributed by atoms with van der Waals surface area (Å²) < 4.78 is 22.4. The Labute approximate surface area is 102 Å². The van der Waals surface area contributed by atoms with Crippen LogP contribution >= 0.6 is 0 Å². The van der Waals surface area contributed by atoms with Gasteiger partial charge < -0.3 is 5.32 Å². The number of H-pyrrole nitrogens is 1. The first-order valence-electron chi connectivity index (χ1n) is 4.80. The van der Waals surface area contributed by atoms with E-state index in [1.54, 1.807) is 0 Å². The van der Waals surface area contributed by atoms with E-state index >= 15 is 0 Å². The lowest BCUT2D eigenvalue weighted by Crippen LogP contribution is -2.13. The molecule has 0 spiro atoms. The molecule has 0 aliphatic carbocycles. The molecule has 0 aliphatic rings. The SMILES string of the molecule is CS(=O)(=O)c1ccc(NC(=O)c2cn[nH]n2)cn1. The highest BCUT2D eigenvalue weighted by Crippen LogP contribution is 2.10. The molecule has 0 aliphatic heterocycles. The Morgan fingerprint density at radius 3 is 2.61 bits per heavy atom. The highest BCUT2D eigenvalue weighted by molar-refractivity contribution is 7.90. The third-order valence-electron chi connectivity index (χ3n) is 2.02. The topological polar surface area (TPSA) is 118 Å². The second-order valence-electron chi connectivity index (χ2n) is 3.47. The zero-order valence-electron chi connectivity index (χ0n) is 9.28. The Morgan fingerprint density at radius 1 is 1.33 bits per heavy atom. The van der Waals surface area contributed by atoms with Gasteiger partial charge in [0.1, 0.15) is 0 Å². The summed E-state index contributed by atoms with van der Waals surface area (Å²) in [5.74, 6) is -0.461. The number of amides is 1. The molecule has 0 fully saturated rings. The lowest BCUT2D eigenvalue weighted by Gasteiger charge is -2.03. The number of hydrogen-bond donors (Lipinski definition) is 2. The normalized spacial score (nSPS) is 11.2. The molecule has 2 aromatic rings. The van der Waals surface area contributed by atoms with Gasteiger partial charge in [-0.3, -0.25) is 4.79 Å². The maximum absolute atomic E-state index is 11.6. The minimum absolute atomic E-state index is 0.0538. The van der Waals surface area contributed by atoms with Crippen LogP contribution in [-0.2, 0) is 9.84 Å². The van der Waals surface area contributed by atoms with E-state index in [0.717, 1.165) is 6.26 Å². The van der Waals surface area contributed by atoms with Crippen molar-refractivity contribution in [3.8, 4) is 0 Å². The van der Waals surface area contributed by atoms with Crippen LogP contribution in [0.3, 0.4) is 0 Å². The van der Waals surface area contributed by atoms with Crippen molar-refractivity contribution in [2.24, 2.45) is 0 Å². The zero-order valence-corrected chi connectivity index (χ0v) is 10.1. The van der Waals surface area contributed by atoms with E-state index in [1.807, 2.05) is 0 Å². The van der Waals surface area contributed by atoms with Crippen LogP contribution in [0, 0.1) is 0 Å². The Balaban J connectivity index is 2.14. The molecular weight excluding hydrogens is 258 g/mol. The fraction of sp³-hybridized carbons (Fsp3) is 0.111. The first kappa shape index (κ1) is 12.2. The van der Waals surface area contributed by atoms with Gasteiger partial charge in [0.25, 0.3) is 5.91 Å². The summed E-state index contributed by atoms with van der Waals surface area (Å²) in [6.07, 6.45) is 3.59. The summed E-state index contributed by atoms with van der Waals surface area (Å²) in [5.41, 5.74) is 0.498. The first-order chi connectivity index (χ1) is 8.47. The van der Waals surface area contributed by atoms with Crippen molar-refractivity contribution >= 4 is 21.4 Å². The molecule has 0 bridgehead atoms. The number of pyridine rings is 1. The second-order valence-corrected chi connectivity index (χ2v) is 5.43. The molecule has 0 atom stereocenters. The van der Waals surface area contributed by atoms with Gasteiger partial charge in [0, 0.05) is 6.26 Å². The van der Waals surface area contributed by atoms with Crippen molar-refractivity contribution in [1.82, 2.24) is 20.4 Å². The van der Waals surface area contributed by atoms with Gasteiger partial charge in [0.05, 0.1) is 18.1 Å². The van der Waals surface area contributed by atoms with Crippen LogP contribution in [0.25, 0.3) is 0 Å². The average Bonchev–Trinajstić information content (AvgIpc) is 2.82. The standard InChI is InChI=1S/C9H9N5O3S/c1-18(16,17)8-3-2-6(4-10-8)12-9(15)7-5-11-14-13-7/h2-5H,1H3,(H,12,15)(H,11,13,14). The number of aromatic nitrogens is 4. The predicted molar refractivity (Wildman–Crippen MR) is 61.7 cm³/mol. The van der Waals surface area contributed by atoms with Crippen molar-refractivity contribution in [2.75, 3.05) is 11.6 Å². The van der Waals surface area contributed by atoms with E-state index in [2.05, 4.69) is 25.7 Å². The summed E-state index contributed by atoms with van der Waals surface area (Å²) in [7, 11) is -3.34. The van der Waals surface area contributed by atoms with Crippen molar-refractivity contribution in [2.45, 2.75) is 5.03 Å². The van der Waals surface area contributed by atoms with Gasteiger partial charge >= 0.3 is 0 Å². The molecule has 2 rings (SSSR count). The van der Waals surface area contributed by atoms with Crippen LogP contribution in [0.15, 0.2) is 29.6 Å². The number of aromatic amines is 1. The molecule has 2 N–H and O–H groups in total. The van der Waals surface area contributed by atoms with E-state index in [0.29, 0.717) is 5.69 Å². The molecule has 94 valence electrons. The van der Waals surface area contributed by atoms with Gasteiger partial charge in [-0.1, -0.05) is 0 Å². The van der Waals surface area contributed by atoms with Crippen LogP contribution in [0.4, 0.5) is 5.69 Å². The lowest BCUT2D eigenvalue weighted by atomic mass is 10.4. The van der Waals surface area contributed by atoms with Crippen molar-refractivity contribution in [3.63, 3.8) is 0 Å². The van der Waals surface area contributed by atoms with Crippen molar-refractivity contribution in [1.29, 1.82) is 0 Å². The molecule has 0 saturated heterocycles. The molecule has 2 heterocycles. The highest BCUT2D eigenvalue weighted by atomic mass is 32.2. The lowest BCUT2D eigenvalue weighted by molar-refractivity contribution is 0.102. The van der Waals surface area contributed by atoms with E-state index in [9.17, 15) is 13.2 Å². The van der Waals surface area contributed by atoms with Gasteiger partial charge in [-0.05, 0) is 12.1 Å². The van der Waals surface area contributed by atoms with E-state index < -0.39 is 15.7 Å². The van der Waals surface area contributed by atoms with Gasteiger partial charge in [-0.25, -0.2) is 13.4 Å². The summed E-state index contributed by atoms with van der Waals surface area (Å²) in [6, 6.07) is 2.76. The summed E-state index contributed by atoms with van der Waals surface area (Å²) in [4.78, 5) is 15.3. The Kier molecular flexibility index (Phi) is 3.06. The molecule has 8 nitrogen and oxygen atoms in total. The maximum atomic E-state index is 11.6. The third-order valence-corrected chi connectivity index (χ3v) is 3.02. The number of carbonyl (C=O) groups excluding carboxylic acids is 1. The summed E-state index contributed by atoms with van der Waals surface area (Å²) >= 11 is 0. The Morgan fingerprint density at radius 2 is 2.11 bits per heavy atom. The van der Waals surface area contributed by atoms with Crippen LogP contribution in [0.5, 0.6) is 0 Å².